The van der Waals surface area contributed by atoms with Crippen molar-refractivity contribution < 1.29 is 33.4 Å². The SMILES string of the molecule is C=C(C)C[C@H](C)[C@H](OC(=O)OCC(Cl)(Cl)Cl)[C@@H](C)C(=O)C(C)(C)[C@H](CC(=O)[O-])O[Si](CC)(CC)CC. The maximum absolute atomic E-state index is 13.9. The molecule has 0 aromatic rings. The van der Waals surface area contributed by atoms with E-state index in [0.29, 0.717) is 6.42 Å². The highest BCUT2D eigenvalue weighted by Gasteiger charge is 2.46. The Balaban J connectivity index is 6.12. The van der Waals surface area contributed by atoms with Crippen molar-refractivity contribution in [3.8, 4) is 0 Å². The molecule has 0 aromatic carbocycles. The molecule has 0 saturated carbocycles. The molecule has 0 aliphatic heterocycles. The molecular formula is C25H42Cl3O7Si-. The van der Waals surface area contributed by atoms with Gasteiger partial charge in [-0.05, 0) is 37.4 Å². The molecule has 0 amide bonds. The first-order valence-electron chi connectivity index (χ1n) is 12.3. The predicted molar refractivity (Wildman–Crippen MR) is 145 cm³/mol. The van der Waals surface area contributed by atoms with Gasteiger partial charge in [-0.1, -0.05) is 88.8 Å². The van der Waals surface area contributed by atoms with Crippen LogP contribution in [0, 0.1) is 17.3 Å². The van der Waals surface area contributed by atoms with Crippen LogP contribution in [0.1, 0.15) is 68.2 Å². The minimum atomic E-state index is -2.26. The molecule has 210 valence electrons. The van der Waals surface area contributed by atoms with Gasteiger partial charge < -0.3 is 23.8 Å². The lowest BCUT2D eigenvalue weighted by atomic mass is 9.73. The molecular weight excluding hydrogens is 547 g/mol. The zero-order valence-electron chi connectivity index (χ0n) is 22.8. The highest BCUT2D eigenvalue weighted by atomic mass is 35.6. The number of carbonyl (C=O) groups excluding carboxylic acids is 3. The van der Waals surface area contributed by atoms with Crippen molar-refractivity contribution in [3.05, 3.63) is 12.2 Å². The van der Waals surface area contributed by atoms with Crippen molar-refractivity contribution in [3.63, 3.8) is 0 Å². The summed E-state index contributed by atoms with van der Waals surface area (Å²) in [7, 11) is -2.26. The number of hydrogen-bond donors (Lipinski definition) is 0. The van der Waals surface area contributed by atoms with Gasteiger partial charge in [0.1, 0.15) is 18.5 Å². The van der Waals surface area contributed by atoms with Gasteiger partial charge in [-0.2, -0.15) is 0 Å². The van der Waals surface area contributed by atoms with Gasteiger partial charge in [0.05, 0.1) is 12.0 Å². The maximum Gasteiger partial charge on any atom is 0.508 e. The summed E-state index contributed by atoms with van der Waals surface area (Å²) in [6, 6.07) is 2.37. The van der Waals surface area contributed by atoms with E-state index in [1.165, 1.54) is 0 Å². The van der Waals surface area contributed by atoms with E-state index in [1.54, 1.807) is 20.8 Å². The molecule has 0 radical (unpaired) electrons. The summed E-state index contributed by atoms with van der Waals surface area (Å²) >= 11 is 17.0. The molecule has 0 N–H and O–H groups in total. The summed E-state index contributed by atoms with van der Waals surface area (Å²) in [5.41, 5.74) is -0.365. The number of hydrogen-bond acceptors (Lipinski definition) is 7. The van der Waals surface area contributed by atoms with Gasteiger partial charge in [0, 0.05) is 17.8 Å². The van der Waals surface area contributed by atoms with Crippen molar-refractivity contribution in [1.82, 2.24) is 0 Å². The van der Waals surface area contributed by atoms with Crippen LogP contribution in [0.15, 0.2) is 12.2 Å². The number of carbonyl (C=O) groups is 3. The Morgan fingerprint density at radius 1 is 1.00 bits per heavy atom. The Labute approximate surface area is 232 Å². The number of carboxylic acids is 1. The van der Waals surface area contributed by atoms with Gasteiger partial charge >= 0.3 is 6.16 Å². The van der Waals surface area contributed by atoms with Crippen molar-refractivity contribution in [2.75, 3.05) is 6.61 Å². The molecule has 7 nitrogen and oxygen atoms in total. The summed E-state index contributed by atoms with van der Waals surface area (Å²) in [6.45, 7) is 18.1. The number of allylic oxidation sites excluding steroid dienone is 1. The van der Waals surface area contributed by atoms with Crippen molar-refractivity contribution in [1.29, 1.82) is 0 Å². The van der Waals surface area contributed by atoms with Crippen LogP contribution >= 0.6 is 34.8 Å². The summed E-state index contributed by atoms with van der Waals surface area (Å²) in [6.07, 6.45) is -2.80. The minimum Gasteiger partial charge on any atom is -0.550 e. The van der Waals surface area contributed by atoms with Gasteiger partial charge in [-0.3, -0.25) is 4.79 Å². The number of aliphatic carboxylic acids is 1. The second kappa shape index (κ2) is 15.0. The average Bonchev–Trinajstić information content (AvgIpc) is 2.76. The first kappa shape index (κ1) is 35.2. The summed E-state index contributed by atoms with van der Waals surface area (Å²) in [5, 5.41) is 11.6. The Bertz CT molecular complexity index is 755. The maximum atomic E-state index is 13.9. The fraction of sp³-hybridized carbons (Fsp3) is 0.800. The number of Topliss-reactive ketones (excluding diaryl/α,β-unsaturated/α-hetero) is 1. The molecule has 0 bridgehead atoms. The lowest BCUT2D eigenvalue weighted by molar-refractivity contribution is -0.307. The number of carboxylic acid groups (broad SMARTS) is 1. The highest BCUT2D eigenvalue weighted by molar-refractivity contribution is 6.73. The number of rotatable bonds is 16. The first-order valence-corrected chi connectivity index (χ1v) is 16.0. The fourth-order valence-corrected chi connectivity index (χ4v) is 7.60. The Morgan fingerprint density at radius 2 is 1.50 bits per heavy atom. The van der Waals surface area contributed by atoms with Crippen molar-refractivity contribution in [2.24, 2.45) is 17.3 Å². The fourth-order valence-electron chi connectivity index (χ4n) is 4.45. The molecule has 0 saturated heterocycles. The van der Waals surface area contributed by atoms with Crippen LogP contribution in [-0.4, -0.2) is 48.8 Å². The normalized spacial score (nSPS) is 16.0. The van der Waals surface area contributed by atoms with Crippen LogP contribution in [0.25, 0.3) is 0 Å². The second-order valence-corrected chi connectivity index (χ2v) is 17.4. The van der Waals surface area contributed by atoms with Gasteiger partial charge in [-0.15, -0.1) is 6.58 Å². The standard InChI is InChI=1S/C25H43Cl3O7Si/c1-10-36(11-2,12-3)35-19(14-20(29)30)24(8,9)22(31)18(7)21(17(6)13-16(4)5)34-23(32)33-15-25(26,27)28/h17-19,21H,4,10-15H2,1-3,5-9H3,(H,29,30)/p-1/t17-,18+,19-,21-/m0/s1. The van der Waals surface area contributed by atoms with Gasteiger partial charge in [0.25, 0.3) is 0 Å². The Kier molecular flexibility index (Phi) is 14.6. The molecule has 0 rings (SSSR count). The molecule has 0 aromatic heterocycles. The predicted octanol–water partition coefficient (Wildman–Crippen LogP) is 6.24. The molecule has 11 heteroatoms. The molecule has 0 heterocycles. The molecule has 4 atom stereocenters. The van der Waals surface area contributed by atoms with Crippen molar-refractivity contribution >= 4 is 61.0 Å². The first-order chi connectivity index (χ1) is 16.4. The summed E-state index contributed by atoms with van der Waals surface area (Å²) in [4.78, 5) is 37.9. The monoisotopic (exact) mass is 587 g/mol. The van der Waals surface area contributed by atoms with Crippen LogP contribution in [0.2, 0.25) is 18.1 Å². The molecule has 0 fully saturated rings. The van der Waals surface area contributed by atoms with E-state index in [0.717, 1.165) is 23.7 Å². The third-order valence-corrected chi connectivity index (χ3v) is 11.8. The smallest absolute Gasteiger partial charge is 0.508 e. The lowest BCUT2D eigenvalue weighted by Crippen LogP contribution is -2.52. The molecule has 0 aliphatic rings. The van der Waals surface area contributed by atoms with Crippen molar-refractivity contribution in [2.45, 2.75) is 102 Å². The molecule has 0 unspecified atom stereocenters. The number of ether oxygens (including phenoxy) is 2. The van der Waals surface area contributed by atoms with E-state index in [9.17, 15) is 19.5 Å². The summed E-state index contributed by atoms with van der Waals surface area (Å²) < 4.78 is 15.2. The van der Waals surface area contributed by atoms with E-state index in [4.69, 9.17) is 48.7 Å². The van der Waals surface area contributed by atoms with Gasteiger partial charge in [0.2, 0.25) is 3.79 Å². The Morgan fingerprint density at radius 3 is 1.89 bits per heavy atom. The van der Waals surface area contributed by atoms with Crippen LogP contribution < -0.4 is 5.11 Å². The zero-order chi connectivity index (χ0) is 28.5. The average molecular weight is 589 g/mol. The highest BCUT2D eigenvalue weighted by Crippen LogP contribution is 2.37. The Hall–Kier alpha value is -0.803. The van der Waals surface area contributed by atoms with Gasteiger partial charge in [0.15, 0.2) is 8.32 Å². The third-order valence-electron chi connectivity index (χ3n) is 6.84. The summed E-state index contributed by atoms with van der Waals surface area (Å²) in [5.74, 6) is -2.71. The molecule has 0 spiro atoms. The second-order valence-electron chi connectivity index (χ2n) is 10.2. The van der Waals surface area contributed by atoms with Crippen LogP contribution in [-0.2, 0) is 23.5 Å². The number of alkyl halides is 3. The van der Waals surface area contributed by atoms with Gasteiger partial charge in [-0.25, -0.2) is 4.79 Å². The largest absolute Gasteiger partial charge is 0.550 e. The van der Waals surface area contributed by atoms with Crippen LogP contribution in [0.5, 0.6) is 0 Å². The van der Waals surface area contributed by atoms with E-state index in [2.05, 4.69) is 6.58 Å². The quantitative estimate of drug-likeness (QED) is 0.0910. The zero-order valence-corrected chi connectivity index (χ0v) is 26.0. The topological polar surface area (TPSA) is 102 Å². The van der Waals surface area contributed by atoms with E-state index < -0.39 is 60.8 Å². The van der Waals surface area contributed by atoms with Crippen LogP contribution in [0.4, 0.5) is 4.79 Å². The number of halogens is 3. The number of ketones is 1. The third kappa shape index (κ3) is 11.3. The molecule has 0 aliphatic carbocycles. The molecule has 36 heavy (non-hydrogen) atoms. The van der Waals surface area contributed by atoms with E-state index in [-0.39, 0.29) is 11.7 Å². The van der Waals surface area contributed by atoms with Crippen LogP contribution in [0.3, 0.4) is 0 Å². The lowest BCUT2D eigenvalue weighted by Gasteiger charge is -2.42. The van der Waals surface area contributed by atoms with E-state index >= 15 is 0 Å². The minimum absolute atomic E-state index is 0.298. The van der Waals surface area contributed by atoms with E-state index in [1.807, 2.05) is 34.6 Å².